The van der Waals surface area contributed by atoms with Crippen LogP contribution in [0.15, 0.2) is 72.0 Å². The molecule has 1 aliphatic heterocycles. The highest BCUT2D eigenvalue weighted by molar-refractivity contribution is 8.15. The molecule has 1 aromatic heterocycles. The van der Waals surface area contributed by atoms with Crippen molar-refractivity contribution < 1.29 is 32.2 Å². The number of methoxy groups -OCH3 is 1. The van der Waals surface area contributed by atoms with Gasteiger partial charge in [-0.05, 0) is 60.0 Å². The second-order valence-corrected chi connectivity index (χ2v) is 10.8. The number of aliphatic imine (C=N–C) groups is 1. The second kappa shape index (κ2) is 12.7. The Kier molecular flexibility index (Phi) is 8.77. The van der Waals surface area contributed by atoms with Crippen molar-refractivity contribution in [2.24, 2.45) is 4.99 Å². The van der Waals surface area contributed by atoms with Crippen LogP contribution in [-0.4, -0.2) is 51.1 Å². The predicted octanol–water partition coefficient (Wildman–Crippen LogP) is 6.50. The number of rotatable bonds is 7. The predicted molar refractivity (Wildman–Crippen MR) is 162 cm³/mol. The zero-order valence-corrected chi connectivity index (χ0v) is 24.8. The van der Waals surface area contributed by atoms with Crippen molar-refractivity contribution in [3.8, 4) is 34.6 Å². The highest BCUT2D eigenvalue weighted by atomic mass is 32.2. The van der Waals surface area contributed by atoms with E-state index in [-0.39, 0.29) is 45.6 Å². The first-order chi connectivity index (χ1) is 21.5. The summed E-state index contributed by atoms with van der Waals surface area (Å²) in [6.07, 6.45) is -3.44. The highest BCUT2D eigenvalue weighted by Crippen LogP contribution is 2.36. The molecule has 11 nitrogen and oxygen atoms in total. The second-order valence-electron chi connectivity index (χ2n) is 9.85. The molecule has 15 heteroatoms. The van der Waals surface area contributed by atoms with E-state index in [9.17, 15) is 28.0 Å². The molecule has 1 N–H and O–H groups in total. The number of ether oxygens (including phenoxy) is 2. The topological polar surface area (TPSA) is 135 Å². The molecule has 0 saturated carbocycles. The Balaban J connectivity index is 1.34. The van der Waals surface area contributed by atoms with Crippen LogP contribution < -0.4 is 19.7 Å². The summed E-state index contributed by atoms with van der Waals surface area (Å²) in [4.78, 5) is 35.6. The number of alkyl halides is 3. The lowest BCUT2D eigenvalue weighted by Gasteiger charge is -2.22. The van der Waals surface area contributed by atoms with E-state index in [1.807, 2.05) is 26.0 Å². The van der Waals surface area contributed by atoms with E-state index >= 15 is 0 Å². The molecular formula is C30H24F3N7O4S. The van der Waals surface area contributed by atoms with Gasteiger partial charge in [0.05, 0.1) is 35.5 Å². The van der Waals surface area contributed by atoms with Crippen molar-refractivity contribution in [2.45, 2.75) is 26.1 Å². The normalized spacial score (nSPS) is 14.1. The van der Waals surface area contributed by atoms with E-state index in [4.69, 9.17) is 4.74 Å². The third kappa shape index (κ3) is 7.07. The van der Waals surface area contributed by atoms with Crippen molar-refractivity contribution in [1.29, 1.82) is 5.26 Å². The van der Waals surface area contributed by atoms with Crippen LogP contribution in [0.1, 0.15) is 30.9 Å². The number of halogens is 3. The highest BCUT2D eigenvalue weighted by Gasteiger charge is 2.33. The summed E-state index contributed by atoms with van der Waals surface area (Å²) in [5, 5.41) is 16.9. The Morgan fingerprint density at radius 2 is 1.84 bits per heavy atom. The maximum Gasteiger partial charge on any atom is 0.573 e. The molecule has 0 atom stereocenters. The molecule has 45 heavy (non-hydrogen) atoms. The van der Waals surface area contributed by atoms with E-state index in [1.54, 1.807) is 18.2 Å². The number of aromatic nitrogens is 3. The number of amidine groups is 1. The lowest BCUT2D eigenvalue weighted by atomic mass is 10.00. The van der Waals surface area contributed by atoms with Crippen LogP contribution >= 0.6 is 11.8 Å². The fourth-order valence-corrected chi connectivity index (χ4v) is 5.31. The van der Waals surface area contributed by atoms with Crippen molar-refractivity contribution in [3.05, 3.63) is 78.1 Å². The summed E-state index contributed by atoms with van der Waals surface area (Å²) >= 11 is 1.12. The summed E-state index contributed by atoms with van der Waals surface area (Å²) in [5.74, 6) is 0.353. The van der Waals surface area contributed by atoms with Crippen LogP contribution in [0.3, 0.4) is 0 Å². The van der Waals surface area contributed by atoms with Gasteiger partial charge in [0.2, 0.25) is 5.91 Å². The van der Waals surface area contributed by atoms with Crippen LogP contribution in [-0.2, 0) is 4.79 Å². The zero-order valence-electron chi connectivity index (χ0n) is 24.0. The first kappa shape index (κ1) is 31.1. The lowest BCUT2D eigenvalue weighted by Crippen LogP contribution is -2.31. The number of nitriles is 1. The van der Waals surface area contributed by atoms with E-state index in [0.717, 1.165) is 29.5 Å². The van der Waals surface area contributed by atoms with Crippen molar-refractivity contribution in [1.82, 2.24) is 14.8 Å². The number of thioether (sulfide) groups is 1. The number of hydrogen-bond donors (Lipinski definition) is 1. The smallest absolute Gasteiger partial charge is 0.497 e. The van der Waals surface area contributed by atoms with Gasteiger partial charge in [0, 0.05) is 11.6 Å². The Bertz CT molecular complexity index is 1830. The van der Waals surface area contributed by atoms with Gasteiger partial charge < -0.3 is 14.8 Å². The van der Waals surface area contributed by atoms with Crippen LogP contribution in [0.25, 0.3) is 17.1 Å². The Morgan fingerprint density at radius 3 is 2.51 bits per heavy atom. The minimum atomic E-state index is -4.80. The third-order valence-electron chi connectivity index (χ3n) is 6.53. The summed E-state index contributed by atoms with van der Waals surface area (Å²) in [5.41, 5.74) is 2.62. The first-order valence-corrected chi connectivity index (χ1v) is 14.3. The average Bonchev–Trinajstić information content (AvgIpc) is 3.63. The average molecular weight is 636 g/mol. The Morgan fingerprint density at radius 1 is 1.11 bits per heavy atom. The third-order valence-corrected chi connectivity index (χ3v) is 7.45. The molecule has 5 rings (SSSR count). The van der Waals surface area contributed by atoms with Gasteiger partial charge in [0.1, 0.15) is 23.9 Å². The number of carbonyl (C=O) groups is 2. The fraction of sp³-hybridized carbons (Fsp3) is 0.200. The molecule has 4 aromatic rings. The van der Waals surface area contributed by atoms with Gasteiger partial charge >= 0.3 is 12.4 Å². The number of carbonyl (C=O) groups excluding carboxylic acids is 2. The molecular weight excluding hydrogens is 611 g/mol. The molecule has 0 bridgehead atoms. The lowest BCUT2D eigenvalue weighted by molar-refractivity contribution is -0.274. The number of amides is 3. The molecule has 1 saturated heterocycles. The summed E-state index contributed by atoms with van der Waals surface area (Å²) in [6.45, 7) is 3.98. The van der Waals surface area contributed by atoms with Gasteiger partial charge in [-0.15, -0.1) is 18.3 Å². The molecule has 0 unspecified atom stereocenters. The Labute approximate surface area is 259 Å². The van der Waals surface area contributed by atoms with Gasteiger partial charge in [-0.1, -0.05) is 31.7 Å². The molecule has 0 aliphatic carbocycles. The molecule has 2 heterocycles. The minimum Gasteiger partial charge on any atom is -0.497 e. The number of hydrogen-bond acceptors (Lipinski definition) is 8. The molecule has 1 fully saturated rings. The molecule has 3 aromatic carbocycles. The number of urea groups is 1. The maximum absolute atomic E-state index is 13.0. The van der Waals surface area contributed by atoms with Crippen LogP contribution in [0.5, 0.6) is 11.5 Å². The van der Waals surface area contributed by atoms with Crippen LogP contribution in [0.2, 0.25) is 0 Å². The maximum atomic E-state index is 13.0. The number of nitrogens with zero attached hydrogens (tertiary/aromatic N) is 6. The van der Waals surface area contributed by atoms with Gasteiger partial charge in [-0.2, -0.15) is 10.3 Å². The van der Waals surface area contributed by atoms with Gasteiger partial charge in [0.15, 0.2) is 11.0 Å². The van der Waals surface area contributed by atoms with E-state index < -0.39 is 12.4 Å². The number of benzene rings is 3. The summed E-state index contributed by atoms with van der Waals surface area (Å²) < 4.78 is 47.9. The Hall–Kier alpha value is -5.36. The first-order valence-electron chi connectivity index (χ1n) is 13.3. The zero-order chi connectivity index (χ0) is 32.3. The molecule has 230 valence electrons. The van der Waals surface area contributed by atoms with E-state index in [0.29, 0.717) is 22.7 Å². The van der Waals surface area contributed by atoms with E-state index in [1.165, 1.54) is 47.3 Å². The van der Waals surface area contributed by atoms with Crippen LogP contribution in [0.4, 0.5) is 29.3 Å². The van der Waals surface area contributed by atoms with Crippen LogP contribution in [0, 0.1) is 11.3 Å². The quantitative estimate of drug-likeness (QED) is 0.243. The number of nitrogens with one attached hydrogen (secondary N) is 1. The van der Waals surface area contributed by atoms with Gasteiger partial charge in [-0.3, -0.25) is 9.69 Å². The monoisotopic (exact) mass is 635 g/mol. The fourth-order valence-electron chi connectivity index (χ4n) is 4.45. The van der Waals surface area contributed by atoms with Crippen molar-refractivity contribution in [3.63, 3.8) is 0 Å². The van der Waals surface area contributed by atoms with Crippen molar-refractivity contribution >= 4 is 40.2 Å². The minimum absolute atomic E-state index is 0.0791. The standard InChI is InChI=1S/C30H24F3N7O4S/c1-17(2)23-10-9-22(43-3)13-25(23)40-26(41)15-45-29(40)37-28(42)36-24-11-4-18(12-19(24)14-34)27-35-16-39(38-27)20-5-7-21(8-6-20)44-30(31,32)33/h4-13,16-17H,15H2,1-3H3,(H,36,42)/b37-29-. The molecule has 0 spiro atoms. The molecule has 3 amide bonds. The van der Waals surface area contributed by atoms with Crippen molar-refractivity contribution in [2.75, 3.05) is 23.1 Å². The van der Waals surface area contributed by atoms with Gasteiger partial charge in [0.25, 0.3) is 0 Å². The summed E-state index contributed by atoms with van der Waals surface area (Å²) in [6, 6.07) is 16.3. The van der Waals surface area contributed by atoms with Gasteiger partial charge in [-0.25, -0.2) is 14.5 Å². The molecule has 1 aliphatic rings. The molecule has 0 radical (unpaired) electrons. The SMILES string of the molecule is COc1ccc(C(C)C)c(N2C(=O)CS/C2=N\C(=O)Nc2ccc(-c3ncn(-c4ccc(OC(F)(F)F)cc4)n3)cc2C#N)c1. The summed E-state index contributed by atoms with van der Waals surface area (Å²) in [7, 11) is 1.52. The van der Waals surface area contributed by atoms with E-state index in [2.05, 4.69) is 25.1 Å². The number of anilines is 2. The largest absolute Gasteiger partial charge is 0.573 e.